The zero-order valence-electron chi connectivity index (χ0n) is 12.8. The summed E-state index contributed by atoms with van der Waals surface area (Å²) in [5, 5.41) is 13.4. The average Bonchev–Trinajstić information content (AvgIpc) is 2.54. The maximum Gasteiger partial charge on any atom is 0.168 e. The Balaban J connectivity index is 2.08. The normalized spacial score (nSPS) is 18.4. The molecule has 4 rings (SSSR count). The molecule has 1 aliphatic heterocycles. The van der Waals surface area contributed by atoms with Gasteiger partial charge in [0.05, 0.1) is 14.2 Å². The molecule has 4 heteroatoms. The highest BCUT2D eigenvalue weighted by Crippen LogP contribution is 2.50. The van der Waals surface area contributed by atoms with E-state index in [0.717, 1.165) is 47.6 Å². The van der Waals surface area contributed by atoms with E-state index in [1.807, 2.05) is 12.1 Å². The highest BCUT2D eigenvalue weighted by Gasteiger charge is 2.33. The fourth-order valence-electron chi connectivity index (χ4n) is 3.80. The number of benzene rings is 2. The smallest absolute Gasteiger partial charge is 0.168 e. The number of fused-ring (bicyclic) bond motifs is 2. The second-order valence-electron chi connectivity index (χ2n) is 5.86. The van der Waals surface area contributed by atoms with Crippen molar-refractivity contribution < 1.29 is 14.6 Å². The standard InChI is InChI=1S/C18H19NO3/c1-21-15-9-10-5-6-19-14-8-11-7-12(20)3-4-13(11)17(16(10)14)18(15)22-2/h3-4,7,9,14,19-20H,5-6,8H2,1-2H3/t14-/m0/s1. The fraction of sp³-hybridized carbons (Fsp3) is 0.333. The number of methoxy groups -OCH3 is 2. The van der Waals surface area contributed by atoms with Gasteiger partial charge in [0.1, 0.15) is 5.75 Å². The van der Waals surface area contributed by atoms with Gasteiger partial charge in [-0.15, -0.1) is 0 Å². The van der Waals surface area contributed by atoms with Crippen LogP contribution in [-0.4, -0.2) is 25.9 Å². The molecule has 0 saturated heterocycles. The fourth-order valence-corrected chi connectivity index (χ4v) is 3.80. The number of ether oxygens (including phenoxy) is 2. The third-order valence-electron chi connectivity index (χ3n) is 4.71. The zero-order valence-corrected chi connectivity index (χ0v) is 12.8. The van der Waals surface area contributed by atoms with Crippen molar-refractivity contribution in [3.8, 4) is 28.4 Å². The minimum Gasteiger partial charge on any atom is -0.508 e. The van der Waals surface area contributed by atoms with Gasteiger partial charge in [-0.3, -0.25) is 0 Å². The van der Waals surface area contributed by atoms with E-state index in [0.29, 0.717) is 5.75 Å². The lowest BCUT2D eigenvalue weighted by Crippen LogP contribution is -2.33. The van der Waals surface area contributed by atoms with Gasteiger partial charge in [-0.25, -0.2) is 0 Å². The first-order valence-corrected chi connectivity index (χ1v) is 7.56. The second-order valence-corrected chi connectivity index (χ2v) is 5.86. The monoisotopic (exact) mass is 297 g/mol. The molecule has 1 aliphatic carbocycles. The van der Waals surface area contributed by atoms with Gasteiger partial charge < -0.3 is 19.9 Å². The Morgan fingerprint density at radius 2 is 2.00 bits per heavy atom. The lowest BCUT2D eigenvalue weighted by molar-refractivity contribution is 0.353. The Morgan fingerprint density at radius 3 is 2.77 bits per heavy atom. The predicted octanol–water partition coefficient (Wildman–Crippen LogP) is 2.82. The predicted molar refractivity (Wildman–Crippen MR) is 84.8 cm³/mol. The first-order chi connectivity index (χ1) is 10.7. The molecule has 1 heterocycles. The maximum atomic E-state index is 9.81. The first kappa shape index (κ1) is 13.5. The topological polar surface area (TPSA) is 50.7 Å². The molecule has 22 heavy (non-hydrogen) atoms. The Morgan fingerprint density at radius 1 is 1.14 bits per heavy atom. The number of phenols is 1. The van der Waals surface area contributed by atoms with Crippen molar-refractivity contribution in [1.82, 2.24) is 5.32 Å². The lowest BCUT2D eigenvalue weighted by Gasteiger charge is -2.35. The van der Waals surface area contributed by atoms with Crippen LogP contribution in [0.25, 0.3) is 11.1 Å². The van der Waals surface area contributed by atoms with Gasteiger partial charge in [-0.2, -0.15) is 0 Å². The molecular formula is C18H19NO3. The minimum absolute atomic E-state index is 0.271. The number of aromatic hydroxyl groups is 1. The third-order valence-corrected chi connectivity index (χ3v) is 4.71. The summed E-state index contributed by atoms with van der Waals surface area (Å²) >= 11 is 0. The number of phenolic OH excluding ortho intramolecular Hbond substituents is 1. The Kier molecular flexibility index (Phi) is 3.01. The van der Waals surface area contributed by atoms with E-state index in [4.69, 9.17) is 9.47 Å². The Bertz CT molecular complexity index is 754. The largest absolute Gasteiger partial charge is 0.508 e. The van der Waals surface area contributed by atoms with Crippen LogP contribution in [0.3, 0.4) is 0 Å². The van der Waals surface area contributed by atoms with Crippen molar-refractivity contribution in [2.24, 2.45) is 0 Å². The van der Waals surface area contributed by atoms with Gasteiger partial charge in [0.25, 0.3) is 0 Å². The van der Waals surface area contributed by atoms with Crippen LogP contribution in [0.2, 0.25) is 0 Å². The zero-order chi connectivity index (χ0) is 15.3. The Labute approximate surface area is 129 Å². The summed E-state index contributed by atoms with van der Waals surface area (Å²) in [7, 11) is 3.36. The molecule has 2 aromatic carbocycles. The number of hydrogen-bond donors (Lipinski definition) is 2. The molecule has 0 radical (unpaired) electrons. The molecule has 0 spiro atoms. The third kappa shape index (κ3) is 1.80. The van der Waals surface area contributed by atoms with Crippen molar-refractivity contribution in [2.75, 3.05) is 20.8 Å². The highest BCUT2D eigenvalue weighted by atomic mass is 16.5. The summed E-state index contributed by atoms with van der Waals surface area (Å²) in [5.41, 5.74) is 6.03. The van der Waals surface area contributed by atoms with Crippen molar-refractivity contribution in [1.29, 1.82) is 0 Å². The van der Waals surface area contributed by atoms with E-state index in [1.54, 1.807) is 20.3 Å². The first-order valence-electron chi connectivity index (χ1n) is 7.56. The van der Waals surface area contributed by atoms with E-state index in [9.17, 15) is 5.11 Å². The van der Waals surface area contributed by atoms with Crippen LogP contribution in [0.15, 0.2) is 24.3 Å². The van der Waals surface area contributed by atoms with Gasteiger partial charge >= 0.3 is 0 Å². The second kappa shape index (κ2) is 4.92. The van der Waals surface area contributed by atoms with Gasteiger partial charge in [0.2, 0.25) is 0 Å². The van der Waals surface area contributed by atoms with Crippen LogP contribution >= 0.6 is 0 Å². The van der Waals surface area contributed by atoms with E-state index in [1.165, 1.54) is 11.1 Å². The van der Waals surface area contributed by atoms with Gasteiger partial charge in [-0.1, -0.05) is 6.07 Å². The van der Waals surface area contributed by atoms with E-state index in [2.05, 4.69) is 11.4 Å². The molecule has 2 N–H and O–H groups in total. The van der Waals surface area contributed by atoms with Crippen LogP contribution in [0, 0.1) is 0 Å². The number of nitrogens with one attached hydrogen (secondary N) is 1. The molecular weight excluding hydrogens is 278 g/mol. The SMILES string of the molecule is COc1cc2c3c(c1OC)-c1ccc(O)cc1C[C@@H]3NCC2. The minimum atomic E-state index is 0.271. The maximum absolute atomic E-state index is 9.81. The van der Waals surface area contributed by atoms with Crippen LogP contribution < -0.4 is 14.8 Å². The van der Waals surface area contributed by atoms with Gasteiger partial charge in [0, 0.05) is 11.6 Å². The summed E-state index contributed by atoms with van der Waals surface area (Å²) < 4.78 is 11.2. The van der Waals surface area contributed by atoms with E-state index >= 15 is 0 Å². The number of rotatable bonds is 2. The summed E-state index contributed by atoms with van der Waals surface area (Å²) in [6.07, 6.45) is 1.88. The molecule has 0 saturated carbocycles. The van der Waals surface area contributed by atoms with Crippen molar-refractivity contribution >= 4 is 0 Å². The van der Waals surface area contributed by atoms with Crippen molar-refractivity contribution in [3.05, 3.63) is 41.0 Å². The summed E-state index contributed by atoms with van der Waals surface area (Å²) in [5.74, 6) is 1.86. The average molecular weight is 297 g/mol. The van der Waals surface area contributed by atoms with Crippen LogP contribution in [-0.2, 0) is 12.8 Å². The molecule has 0 aromatic heterocycles. The van der Waals surface area contributed by atoms with Crippen LogP contribution in [0.1, 0.15) is 22.7 Å². The summed E-state index contributed by atoms with van der Waals surface area (Å²) in [4.78, 5) is 0. The Hall–Kier alpha value is -2.20. The molecule has 1 atom stereocenters. The molecule has 0 unspecified atom stereocenters. The molecule has 4 nitrogen and oxygen atoms in total. The molecule has 0 amide bonds. The molecule has 0 bridgehead atoms. The van der Waals surface area contributed by atoms with Crippen molar-refractivity contribution in [2.45, 2.75) is 18.9 Å². The van der Waals surface area contributed by atoms with Gasteiger partial charge in [0.15, 0.2) is 11.5 Å². The van der Waals surface area contributed by atoms with Crippen LogP contribution in [0.5, 0.6) is 17.2 Å². The summed E-state index contributed by atoms with van der Waals surface area (Å²) in [6, 6.07) is 7.95. The van der Waals surface area contributed by atoms with Crippen LogP contribution in [0.4, 0.5) is 0 Å². The number of hydrogen-bond acceptors (Lipinski definition) is 4. The molecule has 2 aromatic rings. The van der Waals surface area contributed by atoms with E-state index < -0.39 is 0 Å². The lowest BCUT2D eigenvalue weighted by atomic mass is 9.77. The molecule has 114 valence electrons. The highest BCUT2D eigenvalue weighted by molar-refractivity contribution is 5.83. The molecule has 2 aliphatic rings. The van der Waals surface area contributed by atoms with E-state index in [-0.39, 0.29) is 6.04 Å². The summed E-state index contributed by atoms with van der Waals surface area (Å²) in [6.45, 7) is 0.959. The molecule has 0 fully saturated rings. The quantitative estimate of drug-likeness (QED) is 0.895. The van der Waals surface area contributed by atoms with Crippen molar-refractivity contribution in [3.63, 3.8) is 0 Å². The van der Waals surface area contributed by atoms with Gasteiger partial charge in [-0.05, 0) is 59.8 Å².